The van der Waals surface area contributed by atoms with Gasteiger partial charge in [0.15, 0.2) is 6.61 Å². The van der Waals surface area contributed by atoms with Crippen molar-refractivity contribution in [3.63, 3.8) is 0 Å². The molecule has 0 saturated carbocycles. The van der Waals surface area contributed by atoms with E-state index in [4.69, 9.17) is 10.5 Å². The number of hydrogen-bond acceptors (Lipinski definition) is 6. The Kier molecular flexibility index (Phi) is 6.92. The maximum absolute atomic E-state index is 13.9. The summed E-state index contributed by atoms with van der Waals surface area (Å²) in [5, 5.41) is 2.99. The van der Waals surface area contributed by atoms with Crippen molar-refractivity contribution >= 4 is 40.0 Å². The van der Waals surface area contributed by atoms with Gasteiger partial charge in [0.2, 0.25) is 0 Å². The van der Waals surface area contributed by atoms with Crippen LogP contribution in [0.1, 0.15) is 50.4 Å². The number of fused-ring (bicyclic) bond motifs is 1. The molecule has 0 radical (unpaired) electrons. The molecule has 1 aliphatic heterocycles. The Hall–Kier alpha value is -3.34. The third kappa shape index (κ3) is 4.93. The number of aryl methyl sites for hydroxylation is 1. The minimum Gasteiger partial charge on any atom is -0.455 e. The van der Waals surface area contributed by atoms with Crippen LogP contribution in [0.3, 0.4) is 0 Å². The Bertz CT molecular complexity index is 1160. The van der Waals surface area contributed by atoms with E-state index >= 15 is 0 Å². The number of ether oxygens (including phenoxy) is 1. The molecule has 2 aliphatic rings. The Morgan fingerprint density at radius 1 is 1.15 bits per heavy atom. The number of likely N-dealkylation sites (tertiary alicyclic amines) is 1. The molecule has 0 bridgehead atoms. The average molecular weight is 492 g/mol. The van der Waals surface area contributed by atoms with Crippen LogP contribution >= 0.6 is 11.3 Å². The van der Waals surface area contributed by atoms with Crippen LogP contribution in [0, 0.1) is 17.6 Å². The van der Waals surface area contributed by atoms with Crippen LogP contribution < -0.4 is 11.1 Å². The van der Waals surface area contributed by atoms with Crippen LogP contribution in [-0.4, -0.2) is 48.3 Å². The summed E-state index contributed by atoms with van der Waals surface area (Å²) in [7, 11) is 0. The number of primary amides is 1. The van der Waals surface area contributed by atoms with E-state index in [-0.39, 0.29) is 18.7 Å². The van der Waals surface area contributed by atoms with Crippen LogP contribution in [0.4, 0.5) is 13.8 Å². The van der Waals surface area contributed by atoms with Gasteiger partial charge in [-0.25, -0.2) is 8.78 Å². The summed E-state index contributed by atoms with van der Waals surface area (Å²) in [4.78, 5) is 51.4. The Morgan fingerprint density at radius 3 is 2.56 bits per heavy atom. The van der Waals surface area contributed by atoms with Crippen molar-refractivity contribution in [2.45, 2.75) is 32.1 Å². The average Bonchev–Trinajstić information content (AvgIpc) is 3.37. The third-order valence-electron chi connectivity index (χ3n) is 6.04. The summed E-state index contributed by atoms with van der Waals surface area (Å²) >= 11 is 1.31. The second-order valence-electron chi connectivity index (χ2n) is 8.27. The molecule has 2 aromatic rings. The molecule has 1 aromatic carbocycles. The van der Waals surface area contributed by atoms with Gasteiger partial charge < -0.3 is 20.7 Å². The second-order valence-corrected chi connectivity index (χ2v) is 9.38. The number of amides is 3. The maximum Gasteiger partial charge on any atom is 0.309 e. The first kappa shape index (κ1) is 23.8. The molecule has 1 aliphatic carbocycles. The molecule has 3 N–H and O–H groups in total. The van der Waals surface area contributed by atoms with Crippen molar-refractivity contribution in [3.05, 3.63) is 51.4 Å². The molecule has 180 valence electrons. The lowest BCUT2D eigenvalue weighted by Crippen LogP contribution is -2.41. The fourth-order valence-corrected chi connectivity index (χ4v) is 5.63. The number of benzene rings is 1. The molecule has 0 atom stereocenters. The minimum atomic E-state index is -0.937. The first-order valence-corrected chi connectivity index (χ1v) is 11.7. The van der Waals surface area contributed by atoms with E-state index in [0.29, 0.717) is 29.5 Å². The van der Waals surface area contributed by atoms with Gasteiger partial charge >= 0.3 is 5.97 Å². The van der Waals surface area contributed by atoms with Crippen molar-refractivity contribution < 1.29 is 32.7 Å². The van der Waals surface area contributed by atoms with Crippen LogP contribution in [0.25, 0.3) is 0 Å². The highest BCUT2D eigenvalue weighted by molar-refractivity contribution is 7.17. The van der Waals surface area contributed by atoms with E-state index < -0.39 is 47.9 Å². The zero-order valence-electron chi connectivity index (χ0n) is 18.2. The van der Waals surface area contributed by atoms with Gasteiger partial charge in [-0.2, -0.15) is 0 Å². The van der Waals surface area contributed by atoms with Crippen molar-refractivity contribution in [1.29, 1.82) is 0 Å². The van der Waals surface area contributed by atoms with Crippen molar-refractivity contribution in [2.24, 2.45) is 11.7 Å². The highest BCUT2D eigenvalue weighted by Crippen LogP contribution is 2.38. The number of nitrogens with zero attached hydrogens (tertiary/aromatic N) is 1. The van der Waals surface area contributed by atoms with Gasteiger partial charge in [-0.3, -0.25) is 19.2 Å². The zero-order chi connectivity index (χ0) is 24.4. The summed E-state index contributed by atoms with van der Waals surface area (Å²) in [6, 6.07) is 2.76. The summed E-state index contributed by atoms with van der Waals surface area (Å²) in [5.41, 5.74) is 6.46. The fraction of sp³-hybridized carbons (Fsp3) is 0.391. The molecule has 4 rings (SSSR count). The smallest absolute Gasteiger partial charge is 0.309 e. The van der Waals surface area contributed by atoms with Crippen molar-refractivity contribution in [2.75, 3.05) is 25.0 Å². The number of nitrogens with two attached hydrogens (primary N) is 1. The monoisotopic (exact) mass is 491 g/mol. The summed E-state index contributed by atoms with van der Waals surface area (Å²) in [6.45, 7) is -0.117. The highest BCUT2D eigenvalue weighted by Gasteiger charge is 2.31. The van der Waals surface area contributed by atoms with E-state index in [9.17, 15) is 28.0 Å². The topological polar surface area (TPSA) is 119 Å². The molecule has 2 heterocycles. The van der Waals surface area contributed by atoms with E-state index in [1.807, 2.05) is 0 Å². The van der Waals surface area contributed by atoms with Gasteiger partial charge in [-0.1, -0.05) is 0 Å². The van der Waals surface area contributed by atoms with Gasteiger partial charge in [0.1, 0.15) is 16.6 Å². The third-order valence-corrected chi connectivity index (χ3v) is 7.25. The minimum absolute atomic E-state index is 0.199. The molecular formula is C23H23F2N3O5S. The number of thiophene rings is 1. The van der Waals surface area contributed by atoms with Gasteiger partial charge in [-0.05, 0) is 49.8 Å². The molecule has 11 heteroatoms. The number of nitrogens with one attached hydrogen (secondary N) is 1. The fourth-order valence-electron chi connectivity index (χ4n) is 4.32. The summed E-state index contributed by atoms with van der Waals surface area (Å²) < 4.78 is 32.1. The molecule has 0 spiro atoms. The predicted molar refractivity (Wildman–Crippen MR) is 119 cm³/mol. The van der Waals surface area contributed by atoms with Gasteiger partial charge in [0.05, 0.1) is 17.0 Å². The number of carbonyl (C=O) groups is 4. The van der Waals surface area contributed by atoms with Gasteiger partial charge in [0.25, 0.3) is 17.7 Å². The Balaban J connectivity index is 1.27. The summed E-state index contributed by atoms with van der Waals surface area (Å²) in [5.74, 6) is -4.54. The lowest BCUT2D eigenvalue weighted by molar-refractivity contribution is -0.152. The first-order chi connectivity index (χ1) is 16.2. The zero-order valence-corrected chi connectivity index (χ0v) is 19.0. The first-order valence-electron chi connectivity index (χ1n) is 10.9. The maximum atomic E-state index is 13.9. The number of rotatable bonds is 6. The van der Waals surface area contributed by atoms with Crippen LogP contribution in [0.15, 0.2) is 18.2 Å². The molecule has 1 fully saturated rings. The van der Waals surface area contributed by atoms with Crippen molar-refractivity contribution in [1.82, 2.24) is 4.90 Å². The molecule has 3 amide bonds. The lowest BCUT2D eigenvalue weighted by Gasteiger charge is -2.31. The van der Waals surface area contributed by atoms with Crippen LogP contribution in [-0.2, 0) is 27.2 Å². The van der Waals surface area contributed by atoms with Gasteiger partial charge in [-0.15, -0.1) is 11.3 Å². The number of esters is 1. The predicted octanol–water partition coefficient (Wildman–Crippen LogP) is 2.65. The molecule has 1 saturated heterocycles. The SMILES string of the molecule is NC(=O)c1c(NC(=O)COC(=O)C2CCN(C(=O)c3ccc(F)cc3F)CC2)sc2c1CCC2. The van der Waals surface area contributed by atoms with E-state index in [1.54, 1.807) is 0 Å². The molecule has 0 unspecified atom stereocenters. The number of piperidine rings is 1. The van der Waals surface area contributed by atoms with E-state index in [1.165, 1.54) is 16.2 Å². The number of halogens is 2. The van der Waals surface area contributed by atoms with E-state index in [0.717, 1.165) is 41.8 Å². The quantitative estimate of drug-likeness (QED) is 0.603. The lowest BCUT2D eigenvalue weighted by atomic mass is 9.96. The number of hydrogen-bond donors (Lipinski definition) is 2. The van der Waals surface area contributed by atoms with Crippen molar-refractivity contribution in [3.8, 4) is 0 Å². The standard InChI is InChI=1S/C23H23F2N3O5S/c24-13-4-5-14(16(25)10-13)22(31)28-8-6-12(7-9-28)23(32)33-11-18(29)27-21-19(20(26)30)15-2-1-3-17(15)34-21/h4-5,10,12H,1-3,6-9,11H2,(H2,26,30)(H,27,29). The second kappa shape index (κ2) is 9.88. The van der Waals surface area contributed by atoms with E-state index in [2.05, 4.69) is 5.32 Å². The largest absolute Gasteiger partial charge is 0.455 e. The highest BCUT2D eigenvalue weighted by atomic mass is 32.1. The Labute approximate surface area is 198 Å². The Morgan fingerprint density at radius 2 is 1.88 bits per heavy atom. The molecule has 1 aromatic heterocycles. The number of carbonyl (C=O) groups excluding carboxylic acids is 4. The normalized spacial score (nSPS) is 15.6. The molecular weight excluding hydrogens is 468 g/mol. The molecule has 8 nitrogen and oxygen atoms in total. The van der Waals surface area contributed by atoms with Crippen LogP contribution in [0.2, 0.25) is 0 Å². The molecule has 34 heavy (non-hydrogen) atoms. The summed E-state index contributed by atoms with van der Waals surface area (Å²) in [6.07, 6.45) is 3.09. The number of anilines is 1. The van der Waals surface area contributed by atoms with Gasteiger partial charge in [0, 0.05) is 24.0 Å². The van der Waals surface area contributed by atoms with Crippen LogP contribution in [0.5, 0.6) is 0 Å².